The SMILES string of the molecule is CC(=O)N(CCc1ccccc1)CC(=O)N1CCOc2nc(C)ccc21. The summed E-state index contributed by atoms with van der Waals surface area (Å²) >= 11 is 0. The van der Waals surface area contributed by atoms with E-state index in [1.807, 2.05) is 49.4 Å². The zero-order chi connectivity index (χ0) is 18.5. The number of carbonyl (C=O) groups excluding carboxylic acids is 2. The van der Waals surface area contributed by atoms with Gasteiger partial charge in [0.15, 0.2) is 0 Å². The summed E-state index contributed by atoms with van der Waals surface area (Å²) in [5.41, 5.74) is 2.65. The number of amides is 2. The van der Waals surface area contributed by atoms with E-state index in [1.165, 1.54) is 6.92 Å². The second-order valence-corrected chi connectivity index (χ2v) is 6.35. The molecule has 0 radical (unpaired) electrons. The van der Waals surface area contributed by atoms with Crippen LogP contribution in [0.5, 0.6) is 5.88 Å². The summed E-state index contributed by atoms with van der Waals surface area (Å²) in [7, 11) is 0. The molecule has 0 aliphatic carbocycles. The molecule has 1 aliphatic rings. The van der Waals surface area contributed by atoms with Crippen LogP contribution in [0.1, 0.15) is 18.2 Å². The van der Waals surface area contributed by atoms with E-state index in [0.717, 1.165) is 11.3 Å². The Kier molecular flexibility index (Phi) is 5.51. The maximum absolute atomic E-state index is 12.8. The van der Waals surface area contributed by atoms with Crippen molar-refractivity contribution in [2.45, 2.75) is 20.3 Å². The highest BCUT2D eigenvalue weighted by Crippen LogP contribution is 2.29. The minimum absolute atomic E-state index is 0.0511. The van der Waals surface area contributed by atoms with Gasteiger partial charge in [-0.2, -0.15) is 0 Å². The van der Waals surface area contributed by atoms with Crippen LogP contribution >= 0.6 is 0 Å². The minimum atomic E-state index is -0.122. The number of nitrogens with zero attached hydrogens (tertiary/aromatic N) is 3. The molecule has 2 amide bonds. The van der Waals surface area contributed by atoms with Crippen LogP contribution in [0.25, 0.3) is 0 Å². The number of aryl methyl sites for hydroxylation is 1. The number of pyridine rings is 1. The fourth-order valence-electron chi connectivity index (χ4n) is 2.96. The Bertz CT molecular complexity index is 792. The summed E-state index contributed by atoms with van der Waals surface area (Å²) in [5.74, 6) is 0.247. The first-order valence-electron chi connectivity index (χ1n) is 8.75. The number of carbonyl (C=O) groups is 2. The molecule has 0 unspecified atom stereocenters. The van der Waals surface area contributed by atoms with E-state index in [1.54, 1.807) is 9.80 Å². The van der Waals surface area contributed by atoms with Gasteiger partial charge in [0.25, 0.3) is 0 Å². The highest BCUT2D eigenvalue weighted by atomic mass is 16.5. The van der Waals surface area contributed by atoms with Crippen LogP contribution in [0.2, 0.25) is 0 Å². The van der Waals surface area contributed by atoms with Crippen molar-refractivity contribution in [3.05, 3.63) is 53.7 Å². The maximum atomic E-state index is 12.8. The van der Waals surface area contributed by atoms with Gasteiger partial charge in [0.05, 0.1) is 6.54 Å². The van der Waals surface area contributed by atoms with Crippen molar-refractivity contribution in [3.8, 4) is 5.88 Å². The first-order chi connectivity index (χ1) is 12.5. The Balaban J connectivity index is 1.68. The Morgan fingerprint density at radius 3 is 2.69 bits per heavy atom. The van der Waals surface area contributed by atoms with Crippen molar-refractivity contribution in [2.75, 3.05) is 31.1 Å². The van der Waals surface area contributed by atoms with E-state index >= 15 is 0 Å². The lowest BCUT2D eigenvalue weighted by atomic mass is 10.1. The van der Waals surface area contributed by atoms with E-state index in [9.17, 15) is 9.59 Å². The predicted octanol–water partition coefficient (Wildman–Crippen LogP) is 2.21. The molecular weight excluding hydrogens is 330 g/mol. The van der Waals surface area contributed by atoms with Gasteiger partial charge < -0.3 is 14.5 Å². The highest BCUT2D eigenvalue weighted by Gasteiger charge is 2.26. The lowest BCUT2D eigenvalue weighted by Gasteiger charge is -2.31. The smallest absolute Gasteiger partial charge is 0.246 e. The monoisotopic (exact) mass is 353 g/mol. The van der Waals surface area contributed by atoms with Crippen LogP contribution < -0.4 is 9.64 Å². The number of ether oxygens (including phenoxy) is 1. The third-order valence-electron chi connectivity index (χ3n) is 4.41. The zero-order valence-electron chi connectivity index (χ0n) is 15.1. The van der Waals surface area contributed by atoms with E-state index in [4.69, 9.17) is 4.74 Å². The summed E-state index contributed by atoms with van der Waals surface area (Å²) in [4.78, 5) is 32.4. The first-order valence-corrected chi connectivity index (χ1v) is 8.75. The maximum Gasteiger partial charge on any atom is 0.246 e. The Morgan fingerprint density at radius 1 is 1.19 bits per heavy atom. The highest BCUT2D eigenvalue weighted by molar-refractivity contribution is 5.97. The van der Waals surface area contributed by atoms with Crippen molar-refractivity contribution in [2.24, 2.45) is 0 Å². The third-order valence-corrected chi connectivity index (χ3v) is 4.41. The summed E-state index contributed by atoms with van der Waals surface area (Å²) in [6, 6.07) is 13.6. The molecule has 0 atom stereocenters. The molecular formula is C20H23N3O3. The lowest BCUT2D eigenvalue weighted by molar-refractivity contribution is -0.133. The Morgan fingerprint density at radius 2 is 1.96 bits per heavy atom. The van der Waals surface area contributed by atoms with Crippen LogP contribution in [0.15, 0.2) is 42.5 Å². The molecule has 136 valence electrons. The van der Waals surface area contributed by atoms with Crippen LogP contribution in [0.3, 0.4) is 0 Å². The van der Waals surface area contributed by atoms with Gasteiger partial charge in [-0.1, -0.05) is 30.3 Å². The minimum Gasteiger partial charge on any atom is -0.474 e. The molecule has 2 aromatic rings. The second-order valence-electron chi connectivity index (χ2n) is 6.35. The van der Waals surface area contributed by atoms with Crippen molar-refractivity contribution in [3.63, 3.8) is 0 Å². The molecule has 26 heavy (non-hydrogen) atoms. The number of rotatable bonds is 5. The van der Waals surface area contributed by atoms with Gasteiger partial charge in [0.1, 0.15) is 18.8 Å². The fourth-order valence-corrected chi connectivity index (χ4v) is 2.96. The van der Waals surface area contributed by atoms with E-state index in [-0.39, 0.29) is 18.4 Å². The summed E-state index contributed by atoms with van der Waals surface area (Å²) < 4.78 is 5.56. The van der Waals surface area contributed by atoms with Gasteiger partial charge >= 0.3 is 0 Å². The predicted molar refractivity (Wildman–Crippen MR) is 99.2 cm³/mol. The van der Waals surface area contributed by atoms with Crippen LogP contribution in [-0.2, 0) is 16.0 Å². The molecule has 0 N–H and O–H groups in total. The number of anilines is 1. The fraction of sp³-hybridized carbons (Fsp3) is 0.350. The topological polar surface area (TPSA) is 62.7 Å². The number of fused-ring (bicyclic) bond motifs is 1. The molecule has 2 heterocycles. The Labute approximate surface area is 153 Å². The Hall–Kier alpha value is -2.89. The van der Waals surface area contributed by atoms with Crippen LogP contribution in [0, 0.1) is 6.92 Å². The van der Waals surface area contributed by atoms with Crippen LogP contribution in [-0.4, -0.2) is 47.9 Å². The average Bonchev–Trinajstić information content (AvgIpc) is 2.64. The van der Waals surface area contributed by atoms with Gasteiger partial charge in [-0.3, -0.25) is 9.59 Å². The molecule has 0 spiro atoms. The molecule has 1 aromatic heterocycles. The molecule has 0 fully saturated rings. The van der Waals surface area contributed by atoms with E-state index in [2.05, 4.69) is 4.98 Å². The van der Waals surface area contributed by atoms with Crippen molar-refractivity contribution >= 4 is 17.5 Å². The van der Waals surface area contributed by atoms with Crippen LogP contribution in [0.4, 0.5) is 5.69 Å². The molecule has 1 aliphatic heterocycles. The largest absolute Gasteiger partial charge is 0.474 e. The zero-order valence-corrected chi connectivity index (χ0v) is 15.1. The number of hydrogen-bond acceptors (Lipinski definition) is 4. The first kappa shape index (κ1) is 17.9. The molecule has 0 saturated carbocycles. The summed E-state index contributed by atoms with van der Waals surface area (Å²) in [5, 5.41) is 0. The van der Waals surface area contributed by atoms with Crippen molar-refractivity contribution < 1.29 is 14.3 Å². The van der Waals surface area contributed by atoms with Gasteiger partial charge in [0, 0.05) is 19.2 Å². The third kappa shape index (κ3) is 4.20. The lowest BCUT2D eigenvalue weighted by Crippen LogP contribution is -2.46. The van der Waals surface area contributed by atoms with Gasteiger partial charge in [0.2, 0.25) is 17.7 Å². The molecule has 6 nitrogen and oxygen atoms in total. The molecule has 0 saturated heterocycles. The summed E-state index contributed by atoms with van der Waals surface area (Å²) in [6.07, 6.45) is 0.716. The summed E-state index contributed by atoms with van der Waals surface area (Å²) in [6.45, 7) is 4.80. The average molecular weight is 353 g/mol. The molecule has 6 heteroatoms. The van der Waals surface area contributed by atoms with E-state index < -0.39 is 0 Å². The van der Waals surface area contributed by atoms with Gasteiger partial charge in [-0.05, 0) is 31.0 Å². The molecule has 1 aromatic carbocycles. The van der Waals surface area contributed by atoms with Gasteiger partial charge in [-0.25, -0.2) is 4.98 Å². The normalized spacial score (nSPS) is 12.9. The number of hydrogen-bond donors (Lipinski definition) is 0. The quantitative estimate of drug-likeness (QED) is 0.827. The van der Waals surface area contributed by atoms with Crippen molar-refractivity contribution in [1.29, 1.82) is 0 Å². The standard InChI is InChI=1S/C20H23N3O3/c1-15-8-9-18-20(21-15)26-13-12-23(18)19(25)14-22(16(2)24)11-10-17-6-4-3-5-7-17/h3-9H,10-14H2,1-2H3. The molecule has 3 rings (SSSR count). The number of benzene rings is 1. The van der Waals surface area contributed by atoms with Gasteiger partial charge in [-0.15, -0.1) is 0 Å². The molecule has 0 bridgehead atoms. The van der Waals surface area contributed by atoms with E-state index in [0.29, 0.717) is 37.7 Å². The number of aromatic nitrogens is 1. The van der Waals surface area contributed by atoms with Crippen molar-refractivity contribution in [1.82, 2.24) is 9.88 Å². The second kappa shape index (κ2) is 7.99.